The molecule has 1 aromatic carbocycles. The van der Waals surface area contributed by atoms with Crippen LogP contribution < -0.4 is 0 Å². The zero-order valence-electron chi connectivity index (χ0n) is 10.9. The number of hydrogen-bond acceptors (Lipinski definition) is 5. The molecule has 0 atom stereocenters. The summed E-state index contributed by atoms with van der Waals surface area (Å²) in [4.78, 5) is 11.6. The number of nitrogens with zero attached hydrogens (tertiary/aromatic N) is 4. The van der Waals surface area contributed by atoms with Gasteiger partial charge in [-0.3, -0.25) is 0 Å². The Bertz CT molecular complexity index is 761. The van der Waals surface area contributed by atoms with Crippen molar-refractivity contribution in [1.29, 1.82) is 0 Å². The summed E-state index contributed by atoms with van der Waals surface area (Å²) in [5.41, 5.74) is 1.96. The second-order valence-electron chi connectivity index (χ2n) is 4.14. The van der Waals surface area contributed by atoms with E-state index in [4.69, 9.17) is 4.74 Å². The molecule has 0 aliphatic rings. The smallest absolute Gasteiger partial charge is 0.341 e. The van der Waals surface area contributed by atoms with Crippen molar-refractivity contribution in [2.45, 2.75) is 6.92 Å². The van der Waals surface area contributed by atoms with Crippen LogP contribution in [0.2, 0.25) is 0 Å². The van der Waals surface area contributed by atoms with Crippen LogP contribution in [-0.4, -0.2) is 32.6 Å². The van der Waals surface area contributed by atoms with Gasteiger partial charge in [0.15, 0.2) is 0 Å². The number of hydrogen-bond donors (Lipinski definition) is 0. The highest BCUT2D eigenvalue weighted by molar-refractivity contribution is 5.90. The van der Waals surface area contributed by atoms with E-state index in [0.717, 1.165) is 16.6 Å². The average molecular weight is 268 g/mol. The van der Waals surface area contributed by atoms with Gasteiger partial charge in [-0.15, -0.1) is 0 Å². The van der Waals surface area contributed by atoms with E-state index < -0.39 is 0 Å². The van der Waals surface area contributed by atoms with Crippen LogP contribution in [0, 0.1) is 0 Å². The maximum atomic E-state index is 11.6. The Kier molecular flexibility index (Phi) is 3.12. The fourth-order valence-electron chi connectivity index (χ4n) is 1.95. The number of fused-ring (bicyclic) bond motifs is 1. The molecule has 0 fully saturated rings. The van der Waals surface area contributed by atoms with Crippen molar-refractivity contribution >= 4 is 16.9 Å². The highest BCUT2D eigenvalue weighted by atomic mass is 16.5. The van der Waals surface area contributed by atoms with Crippen LogP contribution in [0.15, 0.2) is 42.9 Å². The molecule has 0 spiro atoms. The Hall–Kier alpha value is -2.76. The molecule has 0 radical (unpaired) electrons. The minimum atomic E-state index is -0.384. The largest absolute Gasteiger partial charge is 0.462 e. The summed E-state index contributed by atoms with van der Waals surface area (Å²) in [6.07, 6.45) is 4.72. The molecule has 3 aromatic rings. The van der Waals surface area contributed by atoms with Gasteiger partial charge in [-0.05, 0) is 13.0 Å². The van der Waals surface area contributed by atoms with Gasteiger partial charge in [0.25, 0.3) is 0 Å². The van der Waals surface area contributed by atoms with Gasteiger partial charge in [-0.2, -0.15) is 15.3 Å². The van der Waals surface area contributed by atoms with Crippen LogP contribution in [-0.2, 0) is 4.74 Å². The highest BCUT2D eigenvalue weighted by Gasteiger charge is 2.12. The molecule has 0 saturated carbocycles. The lowest BCUT2D eigenvalue weighted by Crippen LogP contribution is -2.03. The van der Waals surface area contributed by atoms with Gasteiger partial charge < -0.3 is 4.74 Å². The van der Waals surface area contributed by atoms with Gasteiger partial charge in [-0.1, -0.05) is 18.2 Å². The lowest BCUT2D eigenvalue weighted by Gasteiger charge is -2.04. The van der Waals surface area contributed by atoms with E-state index >= 15 is 0 Å². The van der Waals surface area contributed by atoms with E-state index in [1.54, 1.807) is 24.0 Å². The predicted octanol–water partition coefficient (Wildman–Crippen LogP) is 1.99. The van der Waals surface area contributed by atoms with Gasteiger partial charge in [0.05, 0.1) is 35.8 Å². The fraction of sp³-hybridized carbons (Fsp3) is 0.143. The summed E-state index contributed by atoms with van der Waals surface area (Å²) in [5, 5.41) is 13.1. The molecule has 3 rings (SSSR count). The Balaban J connectivity index is 2.06. The Morgan fingerprint density at radius 3 is 3.00 bits per heavy atom. The minimum absolute atomic E-state index is 0.337. The first-order valence-corrected chi connectivity index (χ1v) is 6.22. The second-order valence-corrected chi connectivity index (χ2v) is 4.14. The summed E-state index contributed by atoms with van der Waals surface area (Å²) in [5.74, 6) is -0.384. The average Bonchev–Trinajstić information content (AvgIpc) is 2.97. The van der Waals surface area contributed by atoms with E-state index in [2.05, 4.69) is 15.3 Å². The van der Waals surface area contributed by atoms with Crippen LogP contribution in [0.4, 0.5) is 0 Å². The number of benzene rings is 1. The van der Waals surface area contributed by atoms with E-state index in [1.807, 2.05) is 24.3 Å². The number of carbonyl (C=O) groups is 1. The monoisotopic (exact) mass is 268 g/mol. The molecule has 100 valence electrons. The topological polar surface area (TPSA) is 69.9 Å². The Morgan fingerprint density at radius 1 is 1.30 bits per heavy atom. The van der Waals surface area contributed by atoms with Crippen molar-refractivity contribution in [3.8, 4) is 5.69 Å². The third-order valence-electron chi connectivity index (χ3n) is 2.87. The van der Waals surface area contributed by atoms with Crippen molar-refractivity contribution in [2.75, 3.05) is 6.61 Å². The van der Waals surface area contributed by atoms with Crippen LogP contribution in [0.3, 0.4) is 0 Å². The molecule has 0 aliphatic heterocycles. The van der Waals surface area contributed by atoms with Crippen molar-refractivity contribution < 1.29 is 9.53 Å². The Labute approximate surface area is 115 Å². The minimum Gasteiger partial charge on any atom is -0.462 e. The van der Waals surface area contributed by atoms with E-state index in [-0.39, 0.29) is 5.97 Å². The summed E-state index contributed by atoms with van der Waals surface area (Å²) in [6.45, 7) is 2.10. The van der Waals surface area contributed by atoms with Crippen molar-refractivity contribution in [3.05, 3.63) is 48.4 Å². The summed E-state index contributed by atoms with van der Waals surface area (Å²) in [7, 11) is 0. The van der Waals surface area contributed by atoms with Crippen molar-refractivity contribution in [2.24, 2.45) is 0 Å². The molecule has 0 bridgehead atoms. The Morgan fingerprint density at radius 2 is 2.15 bits per heavy atom. The first-order valence-electron chi connectivity index (χ1n) is 6.22. The number of aromatic nitrogens is 4. The molecule has 0 N–H and O–H groups in total. The van der Waals surface area contributed by atoms with Gasteiger partial charge in [0, 0.05) is 11.6 Å². The molecule has 0 unspecified atom stereocenters. The number of esters is 1. The molecular weight excluding hydrogens is 256 g/mol. The fourth-order valence-corrected chi connectivity index (χ4v) is 1.95. The predicted molar refractivity (Wildman–Crippen MR) is 72.6 cm³/mol. The summed E-state index contributed by atoms with van der Waals surface area (Å²) >= 11 is 0. The first-order chi connectivity index (χ1) is 9.79. The zero-order valence-corrected chi connectivity index (χ0v) is 10.9. The van der Waals surface area contributed by atoms with Crippen LogP contribution in [0.25, 0.3) is 16.6 Å². The van der Waals surface area contributed by atoms with Gasteiger partial charge >= 0.3 is 5.97 Å². The maximum absolute atomic E-state index is 11.6. The number of carbonyl (C=O) groups excluding carboxylic acids is 1. The van der Waals surface area contributed by atoms with Crippen LogP contribution >= 0.6 is 0 Å². The third kappa shape index (κ3) is 2.11. The molecule has 0 aliphatic carbocycles. The molecule has 6 heteroatoms. The molecule has 2 aromatic heterocycles. The molecule has 0 amide bonds. The standard InChI is InChI=1S/C14H12N4O2/c1-2-20-14(19)10-7-16-18(9-10)13-8-15-17-12-6-4-3-5-11(12)13/h3-9H,2H2,1H3. The SMILES string of the molecule is CCOC(=O)c1cnn(-c2cnnc3ccccc23)c1. The first kappa shape index (κ1) is 12.3. The highest BCUT2D eigenvalue weighted by Crippen LogP contribution is 2.18. The van der Waals surface area contributed by atoms with Crippen LogP contribution in [0.5, 0.6) is 0 Å². The number of rotatable bonds is 3. The maximum Gasteiger partial charge on any atom is 0.341 e. The quantitative estimate of drug-likeness (QED) is 0.679. The lowest BCUT2D eigenvalue weighted by molar-refractivity contribution is 0.0526. The molecule has 6 nitrogen and oxygen atoms in total. The molecule has 20 heavy (non-hydrogen) atoms. The summed E-state index contributed by atoms with van der Waals surface area (Å²) < 4.78 is 6.54. The van der Waals surface area contributed by atoms with Gasteiger partial charge in [0.2, 0.25) is 0 Å². The third-order valence-corrected chi connectivity index (χ3v) is 2.87. The van der Waals surface area contributed by atoms with E-state index in [0.29, 0.717) is 12.2 Å². The van der Waals surface area contributed by atoms with Gasteiger partial charge in [-0.25, -0.2) is 9.48 Å². The molecule has 0 saturated heterocycles. The van der Waals surface area contributed by atoms with E-state index in [9.17, 15) is 4.79 Å². The normalized spacial score (nSPS) is 10.7. The van der Waals surface area contributed by atoms with E-state index in [1.165, 1.54) is 6.20 Å². The van der Waals surface area contributed by atoms with Gasteiger partial charge in [0.1, 0.15) is 0 Å². The van der Waals surface area contributed by atoms with Crippen molar-refractivity contribution in [3.63, 3.8) is 0 Å². The number of ether oxygens (including phenoxy) is 1. The second kappa shape index (κ2) is 5.08. The summed E-state index contributed by atoms with van der Waals surface area (Å²) in [6, 6.07) is 7.63. The molecular formula is C14H12N4O2. The van der Waals surface area contributed by atoms with Crippen molar-refractivity contribution in [1.82, 2.24) is 20.0 Å². The molecule has 2 heterocycles. The zero-order chi connectivity index (χ0) is 13.9. The van der Waals surface area contributed by atoms with Crippen LogP contribution in [0.1, 0.15) is 17.3 Å². The lowest BCUT2D eigenvalue weighted by atomic mass is 10.2.